The Bertz CT molecular complexity index is 732. The lowest BCUT2D eigenvalue weighted by Crippen LogP contribution is -2.44. The number of nitrogens with zero attached hydrogens (tertiary/aromatic N) is 1. The predicted octanol–water partition coefficient (Wildman–Crippen LogP) is 1.87. The average Bonchev–Trinajstić information content (AvgIpc) is 2.98. The van der Waals surface area contributed by atoms with Gasteiger partial charge < -0.3 is 9.47 Å². The van der Waals surface area contributed by atoms with E-state index < -0.39 is 20.7 Å². The lowest BCUT2D eigenvalue weighted by Gasteiger charge is -2.35. The molecule has 0 radical (unpaired) electrons. The van der Waals surface area contributed by atoms with E-state index in [4.69, 9.17) is 9.47 Å². The Balaban J connectivity index is 1.73. The zero-order valence-corrected chi connectivity index (χ0v) is 14.2. The van der Waals surface area contributed by atoms with Crippen LogP contribution in [0.5, 0.6) is 0 Å². The number of ether oxygens (including phenoxy) is 2. The molecule has 1 N–H and O–H groups in total. The minimum atomic E-state index is -3.82. The van der Waals surface area contributed by atoms with Gasteiger partial charge in [-0.2, -0.15) is 0 Å². The summed E-state index contributed by atoms with van der Waals surface area (Å²) in [5, 5.41) is 11.0. The zero-order valence-electron chi connectivity index (χ0n) is 13.4. The summed E-state index contributed by atoms with van der Waals surface area (Å²) in [5.74, 6) is -0.552. The molecule has 24 heavy (non-hydrogen) atoms. The molecule has 1 saturated carbocycles. The first-order valence-corrected chi connectivity index (χ1v) is 9.36. The Labute approximate surface area is 140 Å². The first-order valence-electron chi connectivity index (χ1n) is 7.87. The lowest BCUT2D eigenvalue weighted by molar-refractivity contribution is -0.385. The van der Waals surface area contributed by atoms with Gasteiger partial charge in [0, 0.05) is 30.5 Å². The minimum Gasteiger partial charge on any atom is -0.348 e. The molecule has 0 bridgehead atoms. The van der Waals surface area contributed by atoms with E-state index in [-0.39, 0.29) is 22.2 Å². The fraction of sp³-hybridized carbons (Fsp3) is 0.600. The standard InChI is InChI=1S/C15H20N2O6S/c1-11-13(17(18)19)3-2-4-14(11)24(20,21)16-12-5-7-15(8-6-12)22-9-10-23-15/h2-4,12,16H,5-10H2,1H3. The van der Waals surface area contributed by atoms with Crippen LogP contribution >= 0.6 is 0 Å². The molecule has 1 aromatic carbocycles. The highest BCUT2D eigenvalue weighted by atomic mass is 32.2. The first kappa shape index (κ1) is 17.3. The number of hydrogen-bond donors (Lipinski definition) is 1. The summed E-state index contributed by atoms with van der Waals surface area (Å²) in [7, 11) is -3.82. The highest BCUT2D eigenvalue weighted by Gasteiger charge is 2.41. The van der Waals surface area contributed by atoms with Gasteiger partial charge in [0.25, 0.3) is 5.69 Å². The first-order chi connectivity index (χ1) is 11.3. The van der Waals surface area contributed by atoms with Crippen LogP contribution in [0.25, 0.3) is 0 Å². The Morgan fingerprint density at radius 3 is 2.46 bits per heavy atom. The van der Waals surface area contributed by atoms with Crippen LogP contribution in [-0.4, -0.2) is 38.4 Å². The van der Waals surface area contributed by atoms with Crippen molar-refractivity contribution in [3.63, 3.8) is 0 Å². The fourth-order valence-electron chi connectivity index (χ4n) is 3.34. The number of nitro benzene ring substituents is 1. The van der Waals surface area contributed by atoms with Gasteiger partial charge in [-0.1, -0.05) is 6.07 Å². The summed E-state index contributed by atoms with van der Waals surface area (Å²) >= 11 is 0. The predicted molar refractivity (Wildman–Crippen MR) is 85.0 cm³/mol. The summed E-state index contributed by atoms with van der Waals surface area (Å²) < 4.78 is 39.2. The minimum absolute atomic E-state index is 0.0506. The molecule has 1 aromatic rings. The third-order valence-corrected chi connectivity index (χ3v) is 6.29. The van der Waals surface area contributed by atoms with Gasteiger partial charge >= 0.3 is 0 Å². The van der Waals surface area contributed by atoms with Gasteiger partial charge in [-0.3, -0.25) is 10.1 Å². The van der Waals surface area contributed by atoms with Gasteiger partial charge in [-0.25, -0.2) is 13.1 Å². The molecule has 0 atom stereocenters. The third-order valence-electron chi connectivity index (χ3n) is 4.62. The second-order valence-electron chi connectivity index (χ2n) is 6.16. The summed E-state index contributed by atoms with van der Waals surface area (Å²) in [6.07, 6.45) is 2.47. The Kier molecular flexibility index (Phi) is 4.60. The maximum Gasteiger partial charge on any atom is 0.273 e. The van der Waals surface area contributed by atoms with Gasteiger partial charge in [0.05, 0.1) is 23.0 Å². The highest BCUT2D eigenvalue weighted by molar-refractivity contribution is 7.89. The molecule has 132 valence electrons. The van der Waals surface area contributed by atoms with Gasteiger partial charge in [0.15, 0.2) is 5.79 Å². The molecule has 0 amide bonds. The van der Waals surface area contributed by atoms with Crippen molar-refractivity contribution in [1.29, 1.82) is 0 Å². The molecule has 8 nitrogen and oxygen atoms in total. The van der Waals surface area contributed by atoms with Crippen LogP contribution in [0.15, 0.2) is 23.1 Å². The van der Waals surface area contributed by atoms with Crippen LogP contribution in [0.1, 0.15) is 31.2 Å². The SMILES string of the molecule is Cc1c([N+](=O)[O-])cccc1S(=O)(=O)NC1CCC2(CC1)OCCO2. The monoisotopic (exact) mass is 356 g/mol. The molecule has 1 aliphatic heterocycles. The van der Waals surface area contributed by atoms with Crippen molar-refractivity contribution in [2.75, 3.05) is 13.2 Å². The number of sulfonamides is 1. The second kappa shape index (κ2) is 6.40. The van der Waals surface area contributed by atoms with E-state index in [1.807, 2.05) is 0 Å². The van der Waals surface area contributed by atoms with Crippen LogP contribution in [0.2, 0.25) is 0 Å². The molecule has 2 fully saturated rings. The van der Waals surface area contributed by atoms with E-state index in [1.165, 1.54) is 25.1 Å². The van der Waals surface area contributed by atoms with Crippen molar-refractivity contribution in [2.24, 2.45) is 0 Å². The Hall–Kier alpha value is -1.55. The number of benzene rings is 1. The molecule has 1 heterocycles. The van der Waals surface area contributed by atoms with Gasteiger partial charge in [-0.05, 0) is 25.8 Å². The largest absolute Gasteiger partial charge is 0.348 e. The molecule has 1 saturated heterocycles. The summed E-state index contributed by atoms with van der Waals surface area (Å²) in [4.78, 5) is 10.4. The van der Waals surface area contributed by atoms with E-state index in [2.05, 4.69) is 4.72 Å². The van der Waals surface area contributed by atoms with E-state index in [0.29, 0.717) is 38.9 Å². The molecule has 2 aliphatic rings. The lowest BCUT2D eigenvalue weighted by atomic mass is 9.91. The number of nitro groups is 1. The third kappa shape index (κ3) is 3.30. The van der Waals surface area contributed by atoms with Crippen molar-refractivity contribution in [2.45, 2.75) is 49.3 Å². The summed E-state index contributed by atoms with van der Waals surface area (Å²) in [6, 6.07) is 3.84. The number of nitrogens with one attached hydrogen (secondary N) is 1. The second-order valence-corrected chi connectivity index (χ2v) is 7.84. The van der Waals surface area contributed by atoms with E-state index in [9.17, 15) is 18.5 Å². The molecule has 9 heteroatoms. The van der Waals surface area contributed by atoms with E-state index >= 15 is 0 Å². The molecule has 0 aromatic heterocycles. The van der Waals surface area contributed by atoms with Crippen LogP contribution in [0.4, 0.5) is 5.69 Å². The fourth-order valence-corrected chi connectivity index (χ4v) is 4.90. The number of rotatable bonds is 4. The van der Waals surface area contributed by atoms with Gasteiger partial charge in [0.1, 0.15) is 0 Å². The van der Waals surface area contributed by atoms with Crippen LogP contribution < -0.4 is 4.72 Å². The Morgan fingerprint density at radius 2 is 1.88 bits per heavy atom. The van der Waals surface area contributed by atoms with Crippen LogP contribution in [0, 0.1) is 17.0 Å². The van der Waals surface area contributed by atoms with Crippen molar-refractivity contribution in [3.8, 4) is 0 Å². The molecule has 1 aliphatic carbocycles. The average molecular weight is 356 g/mol. The molecule has 1 spiro atoms. The van der Waals surface area contributed by atoms with Crippen LogP contribution in [-0.2, 0) is 19.5 Å². The van der Waals surface area contributed by atoms with Crippen LogP contribution in [0.3, 0.4) is 0 Å². The molecular formula is C15H20N2O6S. The van der Waals surface area contributed by atoms with Gasteiger partial charge in [0.2, 0.25) is 10.0 Å². The maximum atomic E-state index is 12.6. The smallest absolute Gasteiger partial charge is 0.273 e. The number of hydrogen-bond acceptors (Lipinski definition) is 6. The summed E-state index contributed by atoms with van der Waals surface area (Å²) in [5.41, 5.74) is -0.0574. The maximum absolute atomic E-state index is 12.6. The highest BCUT2D eigenvalue weighted by Crippen LogP contribution is 2.36. The van der Waals surface area contributed by atoms with E-state index in [1.54, 1.807) is 0 Å². The normalized spacial score (nSPS) is 21.2. The zero-order chi connectivity index (χ0) is 17.4. The summed E-state index contributed by atoms with van der Waals surface area (Å²) in [6.45, 7) is 2.59. The molecule has 0 unspecified atom stereocenters. The van der Waals surface area contributed by atoms with Crippen molar-refractivity contribution in [3.05, 3.63) is 33.9 Å². The molecular weight excluding hydrogens is 336 g/mol. The molecule has 3 rings (SSSR count). The van der Waals surface area contributed by atoms with Crippen molar-refractivity contribution >= 4 is 15.7 Å². The van der Waals surface area contributed by atoms with E-state index in [0.717, 1.165) is 0 Å². The quantitative estimate of drug-likeness (QED) is 0.652. The van der Waals surface area contributed by atoms with Crippen molar-refractivity contribution in [1.82, 2.24) is 4.72 Å². The van der Waals surface area contributed by atoms with Gasteiger partial charge in [-0.15, -0.1) is 0 Å². The van der Waals surface area contributed by atoms with Crippen molar-refractivity contribution < 1.29 is 22.8 Å². The Morgan fingerprint density at radius 1 is 1.25 bits per heavy atom. The topological polar surface area (TPSA) is 108 Å².